The van der Waals surface area contributed by atoms with Crippen molar-refractivity contribution in [3.63, 3.8) is 0 Å². The first-order valence-electron chi connectivity index (χ1n) is 5.95. The van der Waals surface area contributed by atoms with Gasteiger partial charge in [0.1, 0.15) is 10.8 Å². The van der Waals surface area contributed by atoms with E-state index >= 15 is 0 Å². The molecule has 2 aromatic heterocycles. The van der Waals surface area contributed by atoms with Gasteiger partial charge in [0.2, 0.25) is 0 Å². The van der Waals surface area contributed by atoms with E-state index in [-0.39, 0.29) is 0 Å². The van der Waals surface area contributed by atoms with Crippen LogP contribution in [-0.2, 0) is 19.4 Å². The largest absolute Gasteiger partial charge is 0.364 e. The van der Waals surface area contributed by atoms with Crippen LogP contribution in [0, 0.1) is 6.92 Å². The quantitative estimate of drug-likeness (QED) is 0.903. The number of nitrogens with zero attached hydrogens (tertiary/aromatic N) is 2. The summed E-state index contributed by atoms with van der Waals surface area (Å²) >= 11 is 1.73. The first-order valence-corrected chi connectivity index (χ1v) is 6.77. The Balaban J connectivity index is 1.69. The van der Waals surface area contributed by atoms with Crippen molar-refractivity contribution in [2.24, 2.45) is 0 Å². The second-order valence-electron chi connectivity index (χ2n) is 4.37. The Labute approximate surface area is 105 Å². The minimum atomic E-state index is 0.768. The van der Waals surface area contributed by atoms with Gasteiger partial charge in [-0.1, -0.05) is 6.07 Å². The molecule has 0 saturated heterocycles. The zero-order valence-corrected chi connectivity index (χ0v) is 10.7. The van der Waals surface area contributed by atoms with Crippen LogP contribution in [0.3, 0.4) is 0 Å². The fraction of sp³-hybridized carbons (Fsp3) is 0.385. The predicted molar refractivity (Wildman–Crippen MR) is 70.4 cm³/mol. The highest BCUT2D eigenvalue weighted by Crippen LogP contribution is 2.22. The third-order valence-corrected chi connectivity index (χ3v) is 3.93. The highest BCUT2D eigenvalue weighted by molar-refractivity contribution is 7.11. The van der Waals surface area contributed by atoms with Crippen LogP contribution in [0.15, 0.2) is 18.3 Å². The Morgan fingerprint density at radius 2 is 2.29 bits per heavy atom. The topological polar surface area (TPSA) is 37.8 Å². The monoisotopic (exact) mass is 245 g/mol. The van der Waals surface area contributed by atoms with E-state index in [2.05, 4.69) is 34.3 Å². The summed E-state index contributed by atoms with van der Waals surface area (Å²) in [5, 5.41) is 4.46. The van der Waals surface area contributed by atoms with Crippen molar-refractivity contribution in [3.05, 3.63) is 39.5 Å². The summed E-state index contributed by atoms with van der Waals surface area (Å²) in [4.78, 5) is 10.2. The molecule has 0 aromatic carbocycles. The number of fused-ring (bicyclic) bond motifs is 1. The third kappa shape index (κ3) is 2.31. The Morgan fingerprint density at radius 3 is 3.12 bits per heavy atom. The molecule has 1 N–H and O–H groups in total. The lowest BCUT2D eigenvalue weighted by atomic mass is 10.2. The van der Waals surface area contributed by atoms with Gasteiger partial charge in [-0.15, -0.1) is 11.3 Å². The van der Waals surface area contributed by atoms with Crippen molar-refractivity contribution in [1.82, 2.24) is 9.97 Å². The molecule has 0 saturated carbocycles. The molecule has 0 spiro atoms. The number of hydrogen-bond donors (Lipinski definition) is 1. The maximum Gasteiger partial charge on any atom is 0.126 e. The Bertz CT molecular complexity index is 533. The van der Waals surface area contributed by atoms with E-state index in [0.717, 1.165) is 23.8 Å². The van der Waals surface area contributed by atoms with Crippen molar-refractivity contribution in [3.8, 4) is 0 Å². The Morgan fingerprint density at radius 1 is 1.35 bits per heavy atom. The van der Waals surface area contributed by atoms with Crippen LogP contribution in [0.4, 0.5) is 5.82 Å². The maximum atomic E-state index is 4.64. The Hall–Kier alpha value is -1.42. The van der Waals surface area contributed by atoms with Gasteiger partial charge < -0.3 is 5.32 Å². The van der Waals surface area contributed by atoms with Crippen LogP contribution in [-0.4, -0.2) is 9.97 Å². The Kier molecular flexibility index (Phi) is 2.81. The molecular weight excluding hydrogens is 230 g/mol. The molecule has 17 heavy (non-hydrogen) atoms. The lowest BCUT2D eigenvalue weighted by molar-refractivity contribution is 0.899. The number of pyridine rings is 1. The SMILES string of the molecule is Cc1cnc(CNc2ccc3c(n2)CCC3)s1. The van der Waals surface area contributed by atoms with E-state index in [4.69, 9.17) is 0 Å². The number of thiazole rings is 1. The summed E-state index contributed by atoms with van der Waals surface area (Å²) in [5.74, 6) is 0.971. The fourth-order valence-electron chi connectivity index (χ4n) is 2.17. The van der Waals surface area contributed by atoms with E-state index in [1.807, 2.05) is 6.20 Å². The van der Waals surface area contributed by atoms with E-state index in [9.17, 15) is 0 Å². The molecule has 0 radical (unpaired) electrons. The molecular formula is C13H15N3S. The summed E-state index contributed by atoms with van der Waals surface area (Å²) in [6.07, 6.45) is 5.48. The number of aryl methyl sites for hydroxylation is 3. The summed E-state index contributed by atoms with van der Waals surface area (Å²) < 4.78 is 0. The molecule has 2 heterocycles. The molecule has 0 bridgehead atoms. The van der Waals surface area contributed by atoms with E-state index in [0.29, 0.717) is 0 Å². The molecule has 0 fully saturated rings. The van der Waals surface area contributed by atoms with E-state index < -0.39 is 0 Å². The summed E-state index contributed by atoms with van der Waals surface area (Å²) in [7, 11) is 0. The minimum Gasteiger partial charge on any atom is -0.364 e. The lowest BCUT2D eigenvalue weighted by Gasteiger charge is -2.05. The second-order valence-corrected chi connectivity index (χ2v) is 5.69. The molecule has 0 aliphatic heterocycles. The van der Waals surface area contributed by atoms with Gasteiger partial charge in [0, 0.05) is 16.8 Å². The first-order chi connectivity index (χ1) is 8.31. The molecule has 0 unspecified atom stereocenters. The first kappa shape index (κ1) is 10.7. The van der Waals surface area contributed by atoms with Crippen LogP contribution in [0.2, 0.25) is 0 Å². The summed E-state index contributed by atoms with van der Waals surface area (Å²) in [6, 6.07) is 4.27. The highest BCUT2D eigenvalue weighted by Gasteiger charge is 2.12. The van der Waals surface area contributed by atoms with Crippen molar-refractivity contribution in [1.29, 1.82) is 0 Å². The lowest BCUT2D eigenvalue weighted by Crippen LogP contribution is -2.02. The zero-order chi connectivity index (χ0) is 11.7. The number of hydrogen-bond acceptors (Lipinski definition) is 4. The van der Waals surface area contributed by atoms with Crippen molar-refractivity contribution in [2.75, 3.05) is 5.32 Å². The van der Waals surface area contributed by atoms with Crippen molar-refractivity contribution < 1.29 is 0 Å². The zero-order valence-electron chi connectivity index (χ0n) is 9.86. The standard InChI is InChI=1S/C13H15N3S/c1-9-7-15-13(17-9)8-14-12-6-5-10-3-2-4-11(10)16-12/h5-7H,2-4,8H2,1H3,(H,14,16). The van der Waals surface area contributed by atoms with Crippen LogP contribution >= 0.6 is 11.3 Å². The van der Waals surface area contributed by atoms with Gasteiger partial charge in [0.25, 0.3) is 0 Å². The second kappa shape index (κ2) is 4.45. The predicted octanol–water partition coefficient (Wildman–Crippen LogP) is 2.95. The third-order valence-electron chi connectivity index (χ3n) is 3.02. The highest BCUT2D eigenvalue weighted by atomic mass is 32.1. The van der Waals surface area contributed by atoms with E-state index in [1.165, 1.54) is 29.0 Å². The van der Waals surface area contributed by atoms with Crippen LogP contribution in [0.5, 0.6) is 0 Å². The van der Waals surface area contributed by atoms with Gasteiger partial charge in [0.15, 0.2) is 0 Å². The van der Waals surface area contributed by atoms with E-state index in [1.54, 1.807) is 11.3 Å². The molecule has 4 heteroatoms. The fourth-order valence-corrected chi connectivity index (χ4v) is 2.90. The van der Waals surface area contributed by atoms with Gasteiger partial charge in [-0.3, -0.25) is 0 Å². The normalized spacial score (nSPS) is 13.7. The summed E-state index contributed by atoms with van der Waals surface area (Å²) in [6.45, 7) is 2.85. The number of nitrogens with one attached hydrogen (secondary N) is 1. The van der Waals surface area contributed by atoms with Crippen LogP contribution in [0.1, 0.15) is 27.6 Å². The molecule has 3 rings (SSSR count). The maximum absolute atomic E-state index is 4.64. The average Bonchev–Trinajstić information content (AvgIpc) is 2.94. The molecule has 2 aromatic rings. The smallest absolute Gasteiger partial charge is 0.126 e. The van der Waals surface area contributed by atoms with Crippen molar-refractivity contribution in [2.45, 2.75) is 32.7 Å². The number of anilines is 1. The molecule has 3 nitrogen and oxygen atoms in total. The number of rotatable bonds is 3. The molecule has 1 aliphatic carbocycles. The number of aromatic nitrogens is 2. The van der Waals surface area contributed by atoms with Gasteiger partial charge in [0.05, 0.1) is 6.54 Å². The molecule has 0 atom stereocenters. The minimum absolute atomic E-state index is 0.768. The van der Waals surface area contributed by atoms with Crippen molar-refractivity contribution >= 4 is 17.2 Å². The molecule has 1 aliphatic rings. The molecule has 0 amide bonds. The van der Waals surface area contributed by atoms with Gasteiger partial charge in [-0.2, -0.15) is 0 Å². The molecule has 88 valence electrons. The van der Waals surface area contributed by atoms with Gasteiger partial charge in [-0.05, 0) is 37.8 Å². The van der Waals surface area contributed by atoms with Gasteiger partial charge >= 0.3 is 0 Å². The summed E-state index contributed by atoms with van der Waals surface area (Å²) in [5.41, 5.74) is 2.69. The van der Waals surface area contributed by atoms with Crippen LogP contribution < -0.4 is 5.32 Å². The average molecular weight is 245 g/mol. The van der Waals surface area contributed by atoms with Crippen LogP contribution in [0.25, 0.3) is 0 Å². The van der Waals surface area contributed by atoms with Gasteiger partial charge in [-0.25, -0.2) is 9.97 Å².